The van der Waals surface area contributed by atoms with Gasteiger partial charge in [-0.1, -0.05) is 32.0 Å². The lowest BCUT2D eigenvalue weighted by molar-refractivity contribution is -0.121. The molecule has 5 rings (SSSR count). The van der Waals surface area contributed by atoms with Crippen LogP contribution in [0.3, 0.4) is 0 Å². The van der Waals surface area contributed by atoms with E-state index >= 15 is 0 Å². The molecule has 0 aliphatic carbocycles. The van der Waals surface area contributed by atoms with E-state index in [-0.39, 0.29) is 12.1 Å². The molecular formula is C29H38N8O2. The van der Waals surface area contributed by atoms with E-state index in [1.54, 1.807) is 7.11 Å². The number of fused-ring (bicyclic) bond motifs is 4. The molecule has 0 fully saturated rings. The number of carbonyl (C=O) groups excluding carboxylic acids is 1. The Hall–Kier alpha value is -3.92. The minimum atomic E-state index is -0.0243. The summed E-state index contributed by atoms with van der Waals surface area (Å²) in [5.41, 5.74) is 5.95. The van der Waals surface area contributed by atoms with Crippen LogP contribution in [0.5, 0.6) is 0 Å². The smallest absolute Gasteiger partial charge is 0.220 e. The van der Waals surface area contributed by atoms with Gasteiger partial charge in [-0.3, -0.25) is 9.20 Å². The van der Waals surface area contributed by atoms with E-state index in [0.717, 1.165) is 54.0 Å². The third-order valence-corrected chi connectivity index (χ3v) is 6.99. The molecule has 1 aliphatic heterocycles. The quantitative estimate of drug-likeness (QED) is 0.230. The first kappa shape index (κ1) is 26.7. The first-order valence-corrected chi connectivity index (χ1v) is 13.7. The van der Waals surface area contributed by atoms with Gasteiger partial charge in [0, 0.05) is 33.2 Å². The number of methoxy groups -OCH3 is 1. The Morgan fingerprint density at radius 3 is 2.77 bits per heavy atom. The zero-order valence-corrected chi connectivity index (χ0v) is 23.2. The molecule has 39 heavy (non-hydrogen) atoms. The predicted molar refractivity (Wildman–Crippen MR) is 155 cm³/mol. The number of anilines is 3. The van der Waals surface area contributed by atoms with E-state index in [0.29, 0.717) is 37.0 Å². The van der Waals surface area contributed by atoms with Crippen LogP contribution < -0.4 is 20.9 Å². The monoisotopic (exact) mass is 530 g/mol. The summed E-state index contributed by atoms with van der Waals surface area (Å²) >= 11 is 0. The average molecular weight is 531 g/mol. The lowest BCUT2D eigenvalue weighted by Gasteiger charge is -2.27. The van der Waals surface area contributed by atoms with Crippen LogP contribution >= 0.6 is 0 Å². The molecule has 2 aromatic heterocycles. The van der Waals surface area contributed by atoms with E-state index in [1.807, 2.05) is 13.0 Å². The number of unbranched alkanes of at least 4 members (excludes halogenated alkanes) is 1. The SMILES string of the molecule is COCCN1c2ccccc2NC1c1ccc2c(c1)nc(NCCCCNC(=O)CC(C)C)c1nnc(C)n12. The van der Waals surface area contributed by atoms with Gasteiger partial charge in [-0.05, 0) is 55.5 Å². The molecule has 0 saturated heterocycles. The molecule has 1 unspecified atom stereocenters. The van der Waals surface area contributed by atoms with Crippen molar-refractivity contribution in [2.45, 2.75) is 46.2 Å². The maximum absolute atomic E-state index is 11.9. The second kappa shape index (κ2) is 11.9. The van der Waals surface area contributed by atoms with Crippen LogP contribution in [-0.4, -0.2) is 58.8 Å². The third-order valence-electron chi connectivity index (χ3n) is 6.99. The van der Waals surface area contributed by atoms with E-state index in [2.05, 4.69) is 85.7 Å². The lowest BCUT2D eigenvalue weighted by Crippen LogP contribution is -2.31. The zero-order valence-electron chi connectivity index (χ0n) is 23.2. The van der Waals surface area contributed by atoms with Gasteiger partial charge < -0.3 is 25.6 Å². The highest BCUT2D eigenvalue weighted by Gasteiger charge is 2.29. The van der Waals surface area contributed by atoms with Crippen molar-refractivity contribution in [1.29, 1.82) is 0 Å². The first-order valence-electron chi connectivity index (χ1n) is 13.7. The van der Waals surface area contributed by atoms with Gasteiger partial charge in [-0.2, -0.15) is 0 Å². The van der Waals surface area contributed by atoms with Crippen LogP contribution in [-0.2, 0) is 9.53 Å². The Kier molecular flexibility index (Phi) is 8.11. The summed E-state index contributed by atoms with van der Waals surface area (Å²) in [4.78, 5) is 19.2. The summed E-state index contributed by atoms with van der Waals surface area (Å²) in [7, 11) is 1.73. The number of nitrogens with one attached hydrogen (secondary N) is 3. The van der Waals surface area contributed by atoms with E-state index in [4.69, 9.17) is 9.72 Å². The van der Waals surface area contributed by atoms with Gasteiger partial charge in [0.2, 0.25) is 11.6 Å². The van der Waals surface area contributed by atoms with Gasteiger partial charge in [-0.15, -0.1) is 10.2 Å². The van der Waals surface area contributed by atoms with E-state index < -0.39 is 0 Å². The molecule has 1 amide bonds. The third kappa shape index (κ3) is 5.75. The summed E-state index contributed by atoms with van der Waals surface area (Å²) < 4.78 is 7.46. The molecule has 0 radical (unpaired) electrons. The van der Waals surface area contributed by atoms with Gasteiger partial charge in [0.25, 0.3) is 0 Å². The maximum atomic E-state index is 11.9. The highest BCUT2D eigenvalue weighted by atomic mass is 16.5. The maximum Gasteiger partial charge on any atom is 0.220 e. The number of aromatic nitrogens is 4. The Morgan fingerprint density at radius 2 is 1.95 bits per heavy atom. The Labute approximate surface area is 229 Å². The standard InChI is InChI=1S/C29H38N8O2/c1-19(2)17-26(38)30-13-7-8-14-31-27-29-35-34-20(3)37(29)25-12-11-21(18-23(25)32-27)28-33-22-9-5-6-10-24(22)36(28)15-16-39-4/h5-6,9-12,18-19,28,33H,7-8,13-17H2,1-4H3,(H,30,38)(H,31,32). The number of para-hydroxylation sites is 2. The highest BCUT2D eigenvalue weighted by Crippen LogP contribution is 2.41. The normalized spacial score (nSPS) is 14.7. The van der Waals surface area contributed by atoms with Crippen molar-refractivity contribution in [2.75, 3.05) is 48.9 Å². The molecule has 10 heteroatoms. The number of nitrogens with zero attached hydrogens (tertiary/aromatic N) is 5. The molecule has 4 aromatic rings. The fraction of sp³-hybridized carbons (Fsp3) is 0.448. The van der Waals surface area contributed by atoms with Gasteiger partial charge in [0.15, 0.2) is 5.82 Å². The molecule has 3 N–H and O–H groups in total. The zero-order chi connectivity index (χ0) is 27.4. The number of aryl methyl sites for hydroxylation is 1. The summed E-state index contributed by atoms with van der Waals surface area (Å²) in [6, 6.07) is 14.8. The molecule has 2 aromatic carbocycles. The van der Waals surface area contributed by atoms with Gasteiger partial charge in [-0.25, -0.2) is 4.98 Å². The molecule has 3 heterocycles. The van der Waals surface area contributed by atoms with E-state index in [1.165, 1.54) is 5.69 Å². The molecular weight excluding hydrogens is 492 g/mol. The lowest BCUT2D eigenvalue weighted by atomic mass is 10.1. The molecule has 1 aliphatic rings. The summed E-state index contributed by atoms with van der Waals surface area (Å²) in [6.07, 6.45) is 2.34. The summed E-state index contributed by atoms with van der Waals surface area (Å²) in [5, 5.41) is 18.9. The second-order valence-electron chi connectivity index (χ2n) is 10.4. The second-order valence-corrected chi connectivity index (χ2v) is 10.4. The summed E-state index contributed by atoms with van der Waals surface area (Å²) in [6.45, 7) is 8.87. The Bertz CT molecular complexity index is 1450. The van der Waals surface area contributed by atoms with Crippen LogP contribution in [0.1, 0.15) is 50.7 Å². The largest absolute Gasteiger partial charge is 0.383 e. The van der Waals surface area contributed by atoms with Crippen LogP contribution in [0.15, 0.2) is 42.5 Å². The fourth-order valence-electron chi connectivity index (χ4n) is 5.12. The van der Waals surface area contributed by atoms with Crippen molar-refractivity contribution in [2.24, 2.45) is 5.92 Å². The predicted octanol–water partition coefficient (Wildman–Crippen LogP) is 4.52. The number of benzene rings is 2. The molecule has 0 bridgehead atoms. The van der Waals surface area contributed by atoms with Crippen molar-refractivity contribution in [1.82, 2.24) is 24.9 Å². The number of ether oxygens (including phenoxy) is 1. The highest BCUT2D eigenvalue weighted by molar-refractivity contribution is 5.84. The van der Waals surface area contributed by atoms with Crippen molar-refractivity contribution < 1.29 is 9.53 Å². The molecule has 206 valence electrons. The number of amides is 1. The number of carbonyl (C=O) groups is 1. The molecule has 0 spiro atoms. The minimum absolute atomic E-state index is 0.0243. The van der Waals surface area contributed by atoms with Crippen molar-refractivity contribution in [3.05, 3.63) is 53.9 Å². The van der Waals surface area contributed by atoms with Crippen LogP contribution in [0, 0.1) is 12.8 Å². The Balaban J connectivity index is 1.35. The number of rotatable bonds is 12. The Morgan fingerprint density at radius 1 is 1.13 bits per heavy atom. The number of hydrogen-bond donors (Lipinski definition) is 3. The van der Waals surface area contributed by atoms with Gasteiger partial charge in [0.1, 0.15) is 12.0 Å². The summed E-state index contributed by atoms with van der Waals surface area (Å²) in [5.74, 6) is 2.01. The van der Waals surface area contributed by atoms with E-state index in [9.17, 15) is 4.79 Å². The average Bonchev–Trinajstić information content (AvgIpc) is 3.49. The van der Waals surface area contributed by atoms with Crippen LogP contribution in [0.4, 0.5) is 17.2 Å². The van der Waals surface area contributed by atoms with Gasteiger partial charge >= 0.3 is 0 Å². The van der Waals surface area contributed by atoms with Crippen molar-refractivity contribution >= 4 is 39.8 Å². The molecule has 10 nitrogen and oxygen atoms in total. The topological polar surface area (TPSA) is 109 Å². The van der Waals surface area contributed by atoms with Crippen LogP contribution in [0.25, 0.3) is 16.7 Å². The fourth-order valence-corrected chi connectivity index (χ4v) is 5.12. The van der Waals surface area contributed by atoms with Crippen LogP contribution in [0.2, 0.25) is 0 Å². The molecule has 0 saturated carbocycles. The van der Waals surface area contributed by atoms with Crippen molar-refractivity contribution in [3.63, 3.8) is 0 Å². The van der Waals surface area contributed by atoms with Gasteiger partial charge in [0.05, 0.1) is 29.0 Å². The van der Waals surface area contributed by atoms with Crippen molar-refractivity contribution in [3.8, 4) is 0 Å². The number of hydrogen-bond acceptors (Lipinski definition) is 8. The minimum Gasteiger partial charge on any atom is -0.383 e. The molecule has 1 atom stereocenters. The first-order chi connectivity index (χ1) is 19.0.